The first-order valence-electron chi connectivity index (χ1n) is 3.66. The third kappa shape index (κ3) is 1.50. The van der Waals surface area contributed by atoms with Crippen LogP contribution in [0.1, 0.15) is 27.2 Å². The van der Waals surface area contributed by atoms with E-state index in [1.165, 1.54) is 0 Å². The molecule has 1 aliphatic carbocycles. The van der Waals surface area contributed by atoms with Crippen molar-refractivity contribution in [3.8, 4) is 0 Å². The van der Waals surface area contributed by atoms with Gasteiger partial charge in [0.25, 0.3) is 0 Å². The van der Waals surface area contributed by atoms with E-state index in [9.17, 15) is 8.78 Å². The Morgan fingerprint density at radius 1 is 1.36 bits per heavy atom. The van der Waals surface area contributed by atoms with E-state index in [1.54, 1.807) is 20.8 Å². The molecule has 1 aliphatic rings. The molecule has 0 atom stereocenters. The molecule has 0 saturated carbocycles. The van der Waals surface area contributed by atoms with Gasteiger partial charge in [0.15, 0.2) is 0 Å². The van der Waals surface area contributed by atoms with Crippen molar-refractivity contribution in [2.24, 2.45) is 5.41 Å². The minimum absolute atomic E-state index is 0.361. The van der Waals surface area contributed by atoms with E-state index in [0.29, 0.717) is 12.0 Å². The zero-order valence-electron chi connectivity index (χ0n) is 7.04. The van der Waals surface area contributed by atoms with Gasteiger partial charge in [-0.3, -0.25) is 0 Å². The molecule has 0 aliphatic heterocycles. The maximum atomic E-state index is 13.0. The lowest BCUT2D eigenvalue weighted by Crippen LogP contribution is -2.16. The van der Waals surface area contributed by atoms with Crippen LogP contribution in [0.2, 0.25) is 0 Å². The molecule has 0 spiro atoms. The van der Waals surface area contributed by atoms with Crippen molar-refractivity contribution in [2.45, 2.75) is 27.2 Å². The number of hydrogen-bond acceptors (Lipinski definition) is 0. The molecule has 11 heavy (non-hydrogen) atoms. The van der Waals surface area contributed by atoms with Gasteiger partial charge in [-0.05, 0) is 18.9 Å². The lowest BCUT2D eigenvalue weighted by molar-refractivity contribution is 0.331. The van der Waals surface area contributed by atoms with Crippen molar-refractivity contribution in [1.29, 1.82) is 0 Å². The Kier molecular flexibility index (Phi) is 1.87. The Morgan fingerprint density at radius 3 is 2.36 bits per heavy atom. The molecule has 1 rings (SSSR count). The molecule has 0 nitrogen and oxygen atoms in total. The highest BCUT2D eigenvalue weighted by atomic mass is 19.1. The van der Waals surface area contributed by atoms with Crippen molar-refractivity contribution in [2.75, 3.05) is 0 Å². The molecule has 0 heterocycles. The zero-order chi connectivity index (χ0) is 8.65. The van der Waals surface area contributed by atoms with Gasteiger partial charge in [0, 0.05) is 11.5 Å². The summed E-state index contributed by atoms with van der Waals surface area (Å²) in [6.45, 7) is 5.24. The number of allylic oxidation sites excluding steroid dienone is 4. The summed E-state index contributed by atoms with van der Waals surface area (Å²) in [5.41, 5.74) is 0.121. The Morgan fingerprint density at radius 2 is 1.91 bits per heavy atom. The van der Waals surface area contributed by atoms with E-state index in [4.69, 9.17) is 0 Å². The average molecular weight is 158 g/mol. The standard InChI is InChI=1S/C9H12F2/c1-6-5-9(2,3)8(11)4-7(6)10/h4H,5H2,1-3H3. The van der Waals surface area contributed by atoms with E-state index in [1.807, 2.05) is 0 Å². The van der Waals surface area contributed by atoms with Crippen molar-refractivity contribution >= 4 is 0 Å². The molecule has 0 radical (unpaired) electrons. The quantitative estimate of drug-likeness (QED) is 0.506. The van der Waals surface area contributed by atoms with Crippen molar-refractivity contribution in [3.63, 3.8) is 0 Å². The molecule has 0 aromatic rings. The van der Waals surface area contributed by atoms with Gasteiger partial charge in [0.1, 0.15) is 11.7 Å². The molecule has 0 amide bonds. The van der Waals surface area contributed by atoms with Crippen LogP contribution in [0.25, 0.3) is 0 Å². The second kappa shape index (κ2) is 2.43. The third-order valence-corrected chi connectivity index (χ3v) is 2.01. The monoisotopic (exact) mass is 158 g/mol. The van der Waals surface area contributed by atoms with E-state index in [0.717, 1.165) is 6.08 Å². The van der Waals surface area contributed by atoms with Crippen molar-refractivity contribution in [1.82, 2.24) is 0 Å². The van der Waals surface area contributed by atoms with Crippen LogP contribution in [0, 0.1) is 5.41 Å². The van der Waals surface area contributed by atoms with Gasteiger partial charge in [-0.2, -0.15) is 0 Å². The summed E-state index contributed by atoms with van der Waals surface area (Å²) >= 11 is 0. The Balaban J connectivity index is 3.01. The van der Waals surface area contributed by atoms with Gasteiger partial charge in [0.2, 0.25) is 0 Å². The number of hydrogen-bond donors (Lipinski definition) is 0. The van der Waals surface area contributed by atoms with Gasteiger partial charge >= 0.3 is 0 Å². The molecule has 62 valence electrons. The van der Waals surface area contributed by atoms with Gasteiger partial charge in [-0.1, -0.05) is 13.8 Å². The summed E-state index contributed by atoms with van der Waals surface area (Å²) in [4.78, 5) is 0. The normalized spacial score (nSPS) is 23.5. The zero-order valence-corrected chi connectivity index (χ0v) is 7.04. The summed E-state index contributed by atoms with van der Waals surface area (Å²) < 4.78 is 25.7. The second-order valence-corrected chi connectivity index (χ2v) is 3.68. The minimum atomic E-state index is -0.514. The smallest absolute Gasteiger partial charge is 0.124 e. The predicted molar refractivity (Wildman–Crippen MR) is 41.4 cm³/mol. The SMILES string of the molecule is CC1=C(F)C=C(F)C(C)(C)C1. The van der Waals surface area contributed by atoms with E-state index >= 15 is 0 Å². The van der Waals surface area contributed by atoms with Crippen LogP contribution in [0.5, 0.6) is 0 Å². The maximum Gasteiger partial charge on any atom is 0.124 e. The Labute approximate surface area is 65.6 Å². The largest absolute Gasteiger partial charge is 0.211 e. The van der Waals surface area contributed by atoms with Crippen LogP contribution >= 0.6 is 0 Å². The highest BCUT2D eigenvalue weighted by Crippen LogP contribution is 2.39. The summed E-state index contributed by atoms with van der Waals surface area (Å²) in [5, 5.41) is 0. The molecule has 0 fully saturated rings. The summed E-state index contributed by atoms with van der Waals surface area (Å²) in [7, 11) is 0. The van der Waals surface area contributed by atoms with E-state index in [-0.39, 0.29) is 5.83 Å². The Hall–Kier alpha value is -0.660. The van der Waals surface area contributed by atoms with Crippen LogP contribution in [0.3, 0.4) is 0 Å². The average Bonchev–Trinajstić information content (AvgIpc) is 1.83. The van der Waals surface area contributed by atoms with Crippen LogP contribution in [0.15, 0.2) is 23.3 Å². The molecular formula is C9H12F2. The predicted octanol–water partition coefficient (Wildman–Crippen LogP) is 3.51. The molecule has 0 bridgehead atoms. The lowest BCUT2D eigenvalue weighted by atomic mass is 9.81. The van der Waals surface area contributed by atoms with E-state index < -0.39 is 11.2 Å². The number of halogens is 2. The second-order valence-electron chi connectivity index (χ2n) is 3.68. The molecule has 0 aromatic heterocycles. The van der Waals surface area contributed by atoms with E-state index in [2.05, 4.69) is 0 Å². The highest BCUT2D eigenvalue weighted by molar-refractivity contribution is 5.29. The summed E-state index contributed by atoms with van der Waals surface area (Å²) in [5.74, 6) is -0.776. The van der Waals surface area contributed by atoms with Crippen molar-refractivity contribution < 1.29 is 8.78 Å². The third-order valence-electron chi connectivity index (χ3n) is 2.01. The molecular weight excluding hydrogens is 146 g/mol. The number of rotatable bonds is 0. The molecule has 0 N–H and O–H groups in total. The van der Waals surface area contributed by atoms with Crippen LogP contribution in [0.4, 0.5) is 8.78 Å². The lowest BCUT2D eigenvalue weighted by Gasteiger charge is -2.26. The fraction of sp³-hybridized carbons (Fsp3) is 0.556. The molecule has 0 aromatic carbocycles. The maximum absolute atomic E-state index is 13.0. The first-order chi connectivity index (χ1) is 4.93. The first-order valence-corrected chi connectivity index (χ1v) is 3.66. The van der Waals surface area contributed by atoms with Crippen molar-refractivity contribution in [3.05, 3.63) is 23.3 Å². The van der Waals surface area contributed by atoms with Gasteiger partial charge in [0.05, 0.1) is 0 Å². The van der Waals surface area contributed by atoms with Gasteiger partial charge in [-0.15, -0.1) is 0 Å². The fourth-order valence-electron chi connectivity index (χ4n) is 1.26. The summed E-state index contributed by atoms with van der Waals surface area (Å²) in [6, 6.07) is 0. The minimum Gasteiger partial charge on any atom is -0.211 e. The molecule has 0 unspecified atom stereocenters. The van der Waals surface area contributed by atoms with Gasteiger partial charge in [-0.25, -0.2) is 8.78 Å². The summed E-state index contributed by atoms with van der Waals surface area (Å²) in [6.07, 6.45) is 1.46. The van der Waals surface area contributed by atoms with Crippen LogP contribution in [-0.4, -0.2) is 0 Å². The highest BCUT2D eigenvalue weighted by Gasteiger charge is 2.28. The fourth-order valence-corrected chi connectivity index (χ4v) is 1.26. The Bertz CT molecular complexity index is 234. The topological polar surface area (TPSA) is 0 Å². The van der Waals surface area contributed by atoms with Crippen LogP contribution in [-0.2, 0) is 0 Å². The molecule has 0 saturated heterocycles. The van der Waals surface area contributed by atoms with Gasteiger partial charge < -0.3 is 0 Å². The van der Waals surface area contributed by atoms with Crippen LogP contribution < -0.4 is 0 Å². The molecule has 2 heteroatoms. The first kappa shape index (κ1) is 8.44.